The predicted molar refractivity (Wildman–Crippen MR) is 92.9 cm³/mol. The summed E-state index contributed by atoms with van der Waals surface area (Å²) in [6, 6.07) is 9.12. The zero-order valence-electron chi connectivity index (χ0n) is 12.7. The van der Waals surface area contributed by atoms with Crippen LogP contribution < -0.4 is 10.6 Å². The molecule has 2 saturated heterocycles. The fourth-order valence-corrected chi connectivity index (χ4v) is 3.68. The molecule has 0 aromatic heterocycles. The summed E-state index contributed by atoms with van der Waals surface area (Å²) in [5, 5.41) is 7.10. The van der Waals surface area contributed by atoms with Crippen molar-refractivity contribution in [3.05, 3.63) is 29.3 Å². The fraction of sp³-hybridized carbons (Fsp3) is 0.562. The molecule has 1 aromatic rings. The summed E-state index contributed by atoms with van der Waals surface area (Å²) < 4.78 is 0. The highest BCUT2D eigenvalue weighted by Crippen LogP contribution is 2.29. The number of hydrogen-bond donors (Lipinski definition) is 2. The lowest BCUT2D eigenvalue weighted by molar-refractivity contribution is -0.117. The molecule has 0 saturated carbocycles. The molecule has 4 nitrogen and oxygen atoms in total. The van der Waals surface area contributed by atoms with Gasteiger partial charge in [0.25, 0.3) is 0 Å². The van der Waals surface area contributed by atoms with Gasteiger partial charge in [-0.15, -0.1) is 12.4 Å². The monoisotopic (exact) mass is 343 g/mol. The summed E-state index contributed by atoms with van der Waals surface area (Å²) >= 11 is 6.06. The lowest BCUT2D eigenvalue weighted by Gasteiger charge is -2.35. The Balaban J connectivity index is 0.00000176. The standard InChI is InChI=1S/C16H22ClN3O.ClH/c1-20(13-8-11-6-7-12(9-13)18-11)10-16(21)19-15-5-3-2-4-14(15)17;/h2-5,11-13,18H,6-10H2,1H3,(H,19,21);1H. The summed E-state index contributed by atoms with van der Waals surface area (Å²) in [5.41, 5.74) is 0.683. The highest BCUT2D eigenvalue weighted by atomic mass is 35.5. The molecule has 22 heavy (non-hydrogen) atoms. The highest BCUT2D eigenvalue weighted by molar-refractivity contribution is 6.33. The van der Waals surface area contributed by atoms with E-state index in [0.29, 0.717) is 35.4 Å². The number of para-hydroxylation sites is 1. The van der Waals surface area contributed by atoms with Crippen LogP contribution >= 0.6 is 24.0 Å². The number of rotatable bonds is 4. The molecule has 2 fully saturated rings. The van der Waals surface area contributed by atoms with E-state index in [4.69, 9.17) is 11.6 Å². The Morgan fingerprint density at radius 2 is 1.95 bits per heavy atom. The van der Waals surface area contributed by atoms with Gasteiger partial charge in [0, 0.05) is 18.1 Å². The fourth-order valence-electron chi connectivity index (χ4n) is 3.50. The van der Waals surface area contributed by atoms with E-state index in [1.807, 2.05) is 25.2 Å². The molecule has 2 unspecified atom stereocenters. The molecule has 2 heterocycles. The molecular formula is C16H23Cl2N3O. The molecule has 0 spiro atoms. The number of anilines is 1. The minimum Gasteiger partial charge on any atom is -0.324 e. The van der Waals surface area contributed by atoms with E-state index in [1.165, 1.54) is 12.8 Å². The van der Waals surface area contributed by atoms with Crippen molar-refractivity contribution in [1.82, 2.24) is 10.2 Å². The minimum atomic E-state index is -0.00326. The Kier molecular flexibility index (Phi) is 6.09. The molecule has 2 bridgehead atoms. The number of piperidine rings is 1. The Labute approximate surface area is 143 Å². The largest absolute Gasteiger partial charge is 0.324 e. The molecule has 3 rings (SSSR count). The maximum atomic E-state index is 12.2. The van der Waals surface area contributed by atoms with Crippen molar-refractivity contribution < 1.29 is 4.79 Å². The Hall–Kier alpha value is -0.810. The second kappa shape index (κ2) is 7.64. The first-order valence-electron chi connectivity index (χ1n) is 7.62. The van der Waals surface area contributed by atoms with Crippen LogP contribution in [0.2, 0.25) is 5.02 Å². The van der Waals surface area contributed by atoms with Crippen LogP contribution in [0.15, 0.2) is 24.3 Å². The molecular weight excluding hydrogens is 321 g/mol. The maximum Gasteiger partial charge on any atom is 0.238 e. The molecule has 6 heteroatoms. The third-order valence-corrected chi connectivity index (χ3v) is 4.94. The number of amides is 1. The summed E-state index contributed by atoms with van der Waals surface area (Å²) in [5.74, 6) is -0.00326. The van der Waals surface area contributed by atoms with Crippen LogP contribution in [0, 0.1) is 0 Å². The van der Waals surface area contributed by atoms with Crippen LogP contribution in [-0.4, -0.2) is 42.5 Å². The van der Waals surface area contributed by atoms with E-state index in [1.54, 1.807) is 6.07 Å². The molecule has 2 aliphatic heterocycles. The van der Waals surface area contributed by atoms with Gasteiger partial charge in [0.05, 0.1) is 17.3 Å². The lowest BCUT2D eigenvalue weighted by atomic mass is 9.98. The summed E-state index contributed by atoms with van der Waals surface area (Å²) in [6.45, 7) is 0.412. The number of halogens is 2. The van der Waals surface area contributed by atoms with Gasteiger partial charge in [-0.3, -0.25) is 9.69 Å². The maximum absolute atomic E-state index is 12.2. The van der Waals surface area contributed by atoms with E-state index < -0.39 is 0 Å². The van der Waals surface area contributed by atoms with E-state index in [2.05, 4.69) is 15.5 Å². The number of carbonyl (C=O) groups excluding carboxylic acids is 1. The van der Waals surface area contributed by atoms with Gasteiger partial charge in [0.1, 0.15) is 0 Å². The third kappa shape index (κ3) is 4.13. The van der Waals surface area contributed by atoms with Crippen molar-refractivity contribution in [3.63, 3.8) is 0 Å². The number of benzene rings is 1. The van der Waals surface area contributed by atoms with Crippen LogP contribution in [0.5, 0.6) is 0 Å². The number of likely N-dealkylation sites (N-methyl/N-ethyl adjacent to an activating group) is 1. The zero-order valence-corrected chi connectivity index (χ0v) is 14.3. The first-order chi connectivity index (χ1) is 10.1. The SMILES string of the molecule is CN(CC(=O)Nc1ccccc1Cl)C1CC2CCC(C1)N2.Cl. The van der Waals surface area contributed by atoms with Gasteiger partial charge in [-0.05, 0) is 44.9 Å². The van der Waals surface area contributed by atoms with E-state index >= 15 is 0 Å². The van der Waals surface area contributed by atoms with Crippen LogP contribution in [0.1, 0.15) is 25.7 Å². The van der Waals surface area contributed by atoms with Gasteiger partial charge in [-0.25, -0.2) is 0 Å². The zero-order chi connectivity index (χ0) is 14.8. The number of hydrogen-bond acceptors (Lipinski definition) is 3. The quantitative estimate of drug-likeness (QED) is 0.883. The van der Waals surface area contributed by atoms with Gasteiger partial charge >= 0.3 is 0 Å². The molecule has 1 amide bonds. The molecule has 2 N–H and O–H groups in total. The Morgan fingerprint density at radius 3 is 2.59 bits per heavy atom. The average Bonchev–Trinajstić information content (AvgIpc) is 2.80. The number of nitrogens with zero attached hydrogens (tertiary/aromatic N) is 1. The van der Waals surface area contributed by atoms with Gasteiger partial charge < -0.3 is 10.6 Å². The minimum absolute atomic E-state index is 0. The summed E-state index contributed by atoms with van der Waals surface area (Å²) in [6.07, 6.45) is 4.85. The molecule has 0 radical (unpaired) electrons. The molecule has 2 atom stereocenters. The average molecular weight is 344 g/mol. The first kappa shape index (κ1) is 17.5. The van der Waals surface area contributed by atoms with Crippen molar-refractivity contribution >= 4 is 35.6 Å². The second-order valence-corrected chi connectivity index (χ2v) is 6.61. The smallest absolute Gasteiger partial charge is 0.238 e. The summed E-state index contributed by atoms with van der Waals surface area (Å²) in [4.78, 5) is 14.3. The predicted octanol–water partition coefficient (Wildman–Crippen LogP) is 2.92. The van der Waals surface area contributed by atoms with Crippen LogP contribution in [-0.2, 0) is 4.79 Å². The van der Waals surface area contributed by atoms with E-state index in [0.717, 1.165) is 12.8 Å². The van der Waals surface area contributed by atoms with Crippen molar-refractivity contribution in [2.24, 2.45) is 0 Å². The van der Waals surface area contributed by atoms with Crippen LogP contribution in [0.4, 0.5) is 5.69 Å². The second-order valence-electron chi connectivity index (χ2n) is 6.21. The number of fused-ring (bicyclic) bond motifs is 2. The molecule has 0 aliphatic carbocycles. The van der Waals surface area contributed by atoms with Crippen molar-refractivity contribution in [1.29, 1.82) is 0 Å². The van der Waals surface area contributed by atoms with Crippen LogP contribution in [0.3, 0.4) is 0 Å². The van der Waals surface area contributed by atoms with Crippen molar-refractivity contribution in [2.45, 2.75) is 43.8 Å². The Morgan fingerprint density at radius 1 is 1.32 bits per heavy atom. The lowest BCUT2D eigenvalue weighted by Crippen LogP contribution is -2.48. The van der Waals surface area contributed by atoms with E-state index in [-0.39, 0.29) is 18.3 Å². The van der Waals surface area contributed by atoms with Crippen LogP contribution in [0.25, 0.3) is 0 Å². The first-order valence-corrected chi connectivity index (χ1v) is 8.00. The normalized spacial score (nSPS) is 26.6. The molecule has 1 aromatic carbocycles. The molecule has 2 aliphatic rings. The van der Waals surface area contributed by atoms with Gasteiger partial charge in [0.2, 0.25) is 5.91 Å². The van der Waals surface area contributed by atoms with Gasteiger partial charge in [-0.1, -0.05) is 23.7 Å². The molecule has 122 valence electrons. The van der Waals surface area contributed by atoms with Gasteiger partial charge in [0.15, 0.2) is 0 Å². The third-order valence-electron chi connectivity index (χ3n) is 4.61. The number of carbonyl (C=O) groups is 1. The van der Waals surface area contributed by atoms with E-state index in [9.17, 15) is 4.79 Å². The Bertz CT molecular complexity index is 514. The topological polar surface area (TPSA) is 44.4 Å². The summed E-state index contributed by atoms with van der Waals surface area (Å²) in [7, 11) is 2.04. The number of nitrogens with one attached hydrogen (secondary N) is 2. The highest BCUT2D eigenvalue weighted by Gasteiger charge is 2.35. The van der Waals surface area contributed by atoms with Gasteiger partial charge in [-0.2, -0.15) is 0 Å². The van der Waals surface area contributed by atoms with Crippen molar-refractivity contribution in [3.8, 4) is 0 Å². The van der Waals surface area contributed by atoms with Crippen molar-refractivity contribution in [2.75, 3.05) is 18.9 Å².